The molecule has 0 atom stereocenters. The van der Waals surface area contributed by atoms with E-state index in [0.29, 0.717) is 36.8 Å². The average molecular weight is 435 g/mol. The molecule has 1 aromatic carbocycles. The van der Waals surface area contributed by atoms with E-state index in [1.807, 2.05) is 45.0 Å². The summed E-state index contributed by atoms with van der Waals surface area (Å²) in [7, 11) is -1.92. The van der Waals surface area contributed by atoms with Gasteiger partial charge in [-0.3, -0.25) is 4.79 Å². The number of hydrogen-bond donors (Lipinski definition) is 0. The van der Waals surface area contributed by atoms with Gasteiger partial charge in [-0.15, -0.1) is 11.3 Å². The number of amides is 1. The minimum atomic E-state index is -3.52. The molecule has 156 valence electrons. The van der Waals surface area contributed by atoms with Gasteiger partial charge in [0.1, 0.15) is 5.75 Å². The molecule has 1 amide bonds. The standard InChI is InChI=1S/C21H26N2O4S2/c1-15(18-7-5-6-8-19(18)27-4)13-21(24)22-9-11-23(12-10-22)29(25,26)20-14-16(2)28-17(20)3/h5-8,13-14H,9-12H2,1-4H3/b15-13+. The van der Waals surface area contributed by atoms with Crippen molar-refractivity contribution in [3.8, 4) is 5.75 Å². The molecule has 1 fully saturated rings. The Morgan fingerprint density at radius 3 is 2.38 bits per heavy atom. The molecule has 0 spiro atoms. The number of hydrogen-bond acceptors (Lipinski definition) is 5. The summed E-state index contributed by atoms with van der Waals surface area (Å²) in [6.07, 6.45) is 1.59. The fraction of sp³-hybridized carbons (Fsp3) is 0.381. The fourth-order valence-electron chi connectivity index (χ4n) is 3.48. The first-order valence-electron chi connectivity index (χ1n) is 9.42. The zero-order valence-electron chi connectivity index (χ0n) is 17.1. The Morgan fingerprint density at radius 1 is 1.14 bits per heavy atom. The number of aryl methyl sites for hydroxylation is 2. The van der Waals surface area contributed by atoms with Crippen LogP contribution in [0.25, 0.3) is 5.57 Å². The molecule has 0 N–H and O–H groups in total. The van der Waals surface area contributed by atoms with Crippen LogP contribution in [0.3, 0.4) is 0 Å². The van der Waals surface area contributed by atoms with Crippen molar-refractivity contribution < 1.29 is 17.9 Å². The van der Waals surface area contributed by atoms with Gasteiger partial charge >= 0.3 is 0 Å². The van der Waals surface area contributed by atoms with Gasteiger partial charge in [0, 0.05) is 47.6 Å². The van der Waals surface area contributed by atoms with Crippen molar-refractivity contribution >= 4 is 32.8 Å². The van der Waals surface area contributed by atoms with Crippen LogP contribution < -0.4 is 4.74 Å². The minimum absolute atomic E-state index is 0.118. The Labute approximate surface area is 176 Å². The van der Waals surface area contributed by atoms with Gasteiger partial charge in [-0.2, -0.15) is 4.31 Å². The number of para-hydroxylation sites is 1. The molecule has 8 heteroatoms. The van der Waals surface area contributed by atoms with Gasteiger partial charge in [-0.25, -0.2) is 8.42 Å². The molecule has 0 aliphatic carbocycles. The molecule has 0 saturated carbocycles. The van der Waals surface area contributed by atoms with Crippen LogP contribution in [0.15, 0.2) is 41.3 Å². The first-order valence-corrected chi connectivity index (χ1v) is 11.7. The Hall–Kier alpha value is -2.16. The highest BCUT2D eigenvalue weighted by atomic mass is 32.2. The predicted molar refractivity (Wildman–Crippen MR) is 116 cm³/mol. The van der Waals surface area contributed by atoms with E-state index in [-0.39, 0.29) is 5.91 Å². The molecule has 6 nitrogen and oxygen atoms in total. The number of allylic oxidation sites excluding steroid dienone is 1. The van der Waals surface area contributed by atoms with Crippen LogP contribution in [0.4, 0.5) is 0 Å². The molecule has 29 heavy (non-hydrogen) atoms. The molecule has 3 rings (SSSR count). The number of piperazine rings is 1. The fourth-order valence-corrected chi connectivity index (χ4v) is 6.42. The molecule has 0 unspecified atom stereocenters. The first kappa shape index (κ1) is 21.5. The van der Waals surface area contributed by atoms with E-state index >= 15 is 0 Å². The highest BCUT2D eigenvalue weighted by molar-refractivity contribution is 7.89. The summed E-state index contributed by atoms with van der Waals surface area (Å²) in [4.78, 5) is 16.6. The number of carbonyl (C=O) groups is 1. The highest BCUT2D eigenvalue weighted by Crippen LogP contribution is 2.29. The van der Waals surface area contributed by atoms with Crippen molar-refractivity contribution in [3.63, 3.8) is 0 Å². The van der Waals surface area contributed by atoms with Crippen molar-refractivity contribution in [2.24, 2.45) is 0 Å². The topological polar surface area (TPSA) is 66.9 Å². The Balaban J connectivity index is 1.69. The van der Waals surface area contributed by atoms with Crippen LogP contribution in [0.1, 0.15) is 22.2 Å². The normalized spacial score (nSPS) is 16.1. The second kappa shape index (κ2) is 8.69. The molecule has 1 saturated heterocycles. The second-order valence-electron chi connectivity index (χ2n) is 7.03. The summed E-state index contributed by atoms with van der Waals surface area (Å²) < 4.78 is 32.7. The molecule has 0 radical (unpaired) electrons. The lowest BCUT2D eigenvalue weighted by atomic mass is 10.1. The summed E-state index contributed by atoms with van der Waals surface area (Å²) >= 11 is 1.48. The quantitative estimate of drug-likeness (QED) is 0.677. The van der Waals surface area contributed by atoms with E-state index < -0.39 is 10.0 Å². The minimum Gasteiger partial charge on any atom is -0.496 e. The third kappa shape index (κ3) is 4.55. The maximum atomic E-state index is 12.9. The van der Waals surface area contributed by atoms with Crippen LogP contribution in [-0.2, 0) is 14.8 Å². The van der Waals surface area contributed by atoms with E-state index in [1.54, 1.807) is 24.2 Å². The number of thiophene rings is 1. The van der Waals surface area contributed by atoms with Gasteiger partial charge in [-0.05, 0) is 38.5 Å². The highest BCUT2D eigenvalue weighted by Gasteiger charge is 2.31. The lowest BCUT2D eigenvalue weighted by Crippen LogP contribution is -2.50. The summed E-state index contributed by atoms with van der Waals surface area (Å²) in [6, 6.07) is 9.28. The SMILES string of the molecule is COc1ccccc1/C(C)=C/C(=O)N1CCN(S(=O)(=O)c2cc(C)sc2C)CC1. The molecule has 0 bridgehead atoms. The van der Waals surface area contributed by atoms with Crippen LogP contribution in [0.2, 0.25) is 0 Å². The van der Waals surface area contributed by atoms with Gasteiger partial charge in [0.05, 0.1) is 12.0 Å². The lowest BCUT2D eigenvalue weighted by Gasteiger charge is -2.33. The molecule has 2 aromatic rings. The lowest BCUT2D eigenvalue weighted by molar-refractivity contribution is -0.127. The number of nitrogens with zero attached hydrogens (tertiary/aromatic N) is 2. The molecule has 2 heterocycles. The monoisotopic (exact) mass is 434 g/mol. The summed E-state index contributed by atoms with van der Waals surface area (Å²) in [5, 5.41) is 0. The third-order valence-electron chi connectivity index (χ3n) is 5.04. The number of ether oxygens (including phenoxy) is 1. The summed E-state index contributed by atoms with van der Waals surface area (Å²) in [6.45, 7) is 6.94. The Kier molecular flexibility index (Phi) is 6.45. The van der Waals surface area contributed by atoms with E-state index in [1.165, 1.54) is 15.6 Å². The molecule has 1 aromatic heterocycles. The van der Waals surface area contributed by atoms with Crippen LogP contribution in [-0.4, -0.2) is 56.8 Å². The Morgan fingerprint density at radius 2 is 1.79 bits per heavy atom. The van der Waals surface area contributed by atoms with E-state index in [4.69, 9.17) is 4.74 Å². The zero-order chi connectivity index (χ0) is 21.2. The number of carbonyl (C=O) groups excluding carboxylic acids is 1. The maximum Gasteiger partial charge on any atom is 0.246 e. The molecular formula is C21H26N2O4S2. The number of benzene rings is 1. The second-order valence-corrected chi connectivity index (χ2v) is 10.4. The smallest absolute Gasteiger partial charge is 0.246 e. The van der Waals surface area contributed by atoms with Crippen LogP contribution in [0, 0.1) is 13.8 Å². The first-order chi connectivity index (χ1) is 13.7. The van der Waals surface area contributed by atoms with Crippen LogP contribution >= 0.6 is 11.3 Å². The predicted octanol–water partition coefficient (Wildman–Crippen LogP) is 3.31. The van der Waals surface area contributed by atoms with E-state index in [9.17, 15) is 13.2 Å². The number of rotatable bonds is 5. The largest absolute Gasteiger partial charge is 0.496 e. The van der Waals surface area contributed by atoms with Crippen molar-refractivity contribution in [3.05, 3.63) is 51.7 Å². The van der Waals surface area contributed by atoms with Gasteiger partial charge in [0.15, 0.2) is 0 Å². The Bertz CT molecular complexity index is 1030. The molecule has 1 aliphatic heterocycles. The van der Waals surface area contributed by atoms with Crippen molar-refractivity contribution in [1.82, 2.24) is 9.21 Å². The average Bonchev–Trinajstić information content (AvgIpc) is 3.06. The van der Waals surface area contributed by atoms with Crippen molar-refractivity contribution in [1.29, 1.82) is 0 Å². The van der Waals surface area contributed by atoms with Gasteiger partial charge in [0.2, 0.25) is 15.9 Å². The van der Waals surface area contributed by atoms with E-state index in [0.717, 1.165) is 20.9 Å². The number of sulfonamides is 1. The third-order valence-corrected chi connectivity index (χ3v) is 8.16. The summed E-state index contributed by atoms with van der Waals surface area (Å²) in [5.74, 6) is 0.597. The number of methoxy groups -OCH3 is 1. The molecular weight excluding hydrogens is 408 g/mol. The van der Waals surface area contributed by atoms with Gasteiger partial charge in [-0.1, -0.05) is 18.2 Å². The van der Waals surface area contributed by atoms with E-state index in [2.05, 4.69) is 0 Å². The maximum absolute atomic E-state index is 12.9. The summed E-state index contributed by atoms with van der Waals surface area (Å²) in [5.41, 5.74) is 1.68. The van der Waals surface area contributed by atoms with Crippen molar-refractivity contribution in [2.75, 3.05) is 33.3 Å². The molecule has 1 aliphatic rings. The van der Waals surface area contributed by atoms with Crippen molar-refractivity contribution in [2.45, 2.75) is 25.7 Å². The van der Waals surface area contributed by atoms with Gasteiger partial charge < -0.3 is 9.64 Å². The zero-order valence-corrected chi connectivity index (χ0v) is 18.8. The van der Waals surface area contributed by atoms with Crippen LogP contribution in [0.5, 0.6) is 5.75 Å². The van der Waals surface area contributed by atoms with Gasteiger partial charge in [0.25, 0.3) is 0 Å².